The predicted octanol–water partition coefficient (Wildman–Crippen LogP) is 0.877. The molecule has 1 aromatic carbocycles. The van der Waals surface area contributed by atoms with Gasteiger partial charge in [0.25, 0.3) is 5.91 Å². The molecule has 0 aliphatic carbocycles. The maximum Gasteiger partial charge on any atom is 0.338 e. The van der Waals surface area contributed by atoms with Gasteiger partial charge in [0, 0.05) is 0 Å². The fraction of sp³-hybridized carbons (Fsp3) is 0.400. The van der Waals surface area contributed by atoms with Crippen LogP contribution in [0.2, 0.25) is 0 Å². The Hall–Kier alpha value is -3.56. The molecular weight excluding hydrogens is 394 g/mol. The van der Waals surface area contributed by atoms with Crippen molar-refractivity contribution in [1.82, 2.24) is 16.0 Å². The first-order valence-corrected chi connectivity index (χ1v) is 9.50. The van der Waals surface area contributed by atoms with Crippen LogP contribution < -0.4 is 20.7 Å². The smallest absolute Gasteiger partial charge is 0.338 e. The van der Waals surface area contributed by atoms with E-state index < -0.39 is 36.5 Å². The summed E-state index contributed by atoms with van der Waals surface area (Å²) >= 11 is 0. The van der Waals surface area contributed by atoms with Crippen LogP contribution in [0.4, 0.5) is 4.79 Å². The van der Waals surface area contributed by atoms with Crippen LogP contribution >= 0.6 is 0 Å². The third kappa shape index (κ3) is 5.97. The van der Waals surface area contributed by atoms with Gasteiger partial charge < -0.3 is 30.2 Å². The van der Waals surface area contributed by atoms with E-state index in [9.17, 15) is 19.2 Å². The number of urea groups is 1. The largest absolute Gasteiger partial charge is 0.493 e. The molecule has 0 radical (unpaired) electrons. The van der Waals surface area contributed by atoms with E-state index in [4.69, 9.17) is 14.2 Å². The fourth-order valence-corrected chi connectivity index (χ4v) is 2.78. The van der Waals surface area contributed by atoms with Gasteiger partial charge in [-0.25, -0.2) is 9.59 Å². The molecule has 1 aliphatic heterocycles. The number of para-hydroxylation sites is 1. The van der Waals surface area contributed by atoms with Crippen molar-refractivity contribution in [2.45, 2.75) is 26.8 Å². The second kappa shape index (κ2) is 10.8. The molecule has 1 atom stereocenters. The van der Waals surface area contributed by atoms with Gasteiger partial charge in [-0.2, -0.15) is 0 Å². The van der Waals surface area contributed by atoms with Gasteiger partial charge in [0.15, 0.2) is 0 Å². The van der Waals surface area contributed by atoms with Gasteiger partial charge in [-0.1, -0.05) is 12.1 Å². The highest BCUT2D eigenvalue weighted by Crippen LogP contribution is 2.18. The van der Waals surface area contributed by atoms with E-state index in [1.165, 1.54) is 0 Å². The SMILES string of the molecule is CCOC(=O)C1=C(COC(=O)CNC(=O)c2ccccc2OCC)NC(=O)N[C@@H]1C. The summed E-state index contributed by atoms with van der Waals surface area (Å²) in [6.07, 6.45) is 0. The van der Waals surface area contributed by atoms with E-state index in [-0.39, 0.29) is 24.5 Å². The molecule has 0 unspecified atom stereocenters. The Morgan fingerprint density at radius 2 is 1.83 bits per heavy atom. The van der Waals surface area contributed by atoms with Gasteiger partial charge in [-0.15, -0.1) is 0 Å². The summed E-state index contributed by atoms with van der Waals surface area (Å²) in [5.74, 6) is -1.45. The maximum atomic E-state index is 12.3. The zero-order valence-electron chi connectivity index (χ0n) is 17.1. The van der Waals surface area contributed by atoms with Crippen LogP contribution in [0, 0.1) is 0 Å². The number of hydrogen-bond acceptors (Lipinski definition) is 7. The number of nitrogens with one attached hydrogen (secondary N) is 3. The van der Waals surface area contributed by atoms with Gasteiger partial charge in [0.2, 0.25) is 0 Å². The molecule has 1 aromatic rings. The molecule has 0 fully saturated rings. The first-order chi connectivity index (χ1) is 14.4. The van der Waals surface area contributed by atoms with Crippen molar-refractivity contribution in [3.63, 3.8) is 0 Å². The summed E-state index contributed by atoms with van der Waals surface area (Å²) in [4.78, 5) is 48.2. The molecule has 0 aromatic heterocycles. The first kappa shape index (κ1) is 22.7. The number of hydrogen-bond donors (Lipinski definition) is 3. The number of carbonyl (C=O) groups excluding carboxylic acids is 4. The molecule has 0 saturated heterocycles. The molecule has 30 heavy (non-hydrogen) atoms. The number of esters is 2. The van der Waals surface area contributed by atoms with Crippen LogP contribution in [-0.4, -0.2) is 56.3 Å². The van der Waals surface area contributed by atoms with E-state index >= 15 is 0 Å². The van der Waals surface area contributed by atoms with Crippen LogP contribution in [0.3, 0.4) is 0 Å². The van der Waals surface area contributed by atoms with E-state index in [1.54, 1.807) is 45.0 Å². The molecule has 0 spiro atoms. The van der Waals surface area contributed by atoms with E-state index in [1.807, 2.05) is 0 Å². The Morgan fingerprint density at radius 3 is 2.53 bits per heavy atom. The van der Waals surface area contributed by atoms with Crippen molar-refractivity contribution in [3.8, 4) is 5.75 Å². The van der Waals surface area contributed by atoms with Gasteiger partial charge >= 0.3 is 18.0 Å². The van der Waals surface area contributed by atoms with Crippen molar-refractivity contribution in [3.05, 3.63) is 41.1 Å². The molecule has 1 heterocycles. The Labute approximate surface area is 173 Å². The van der Waals surface area contributed by atoms with Crippen molar-refractivity contribution in [1.29, 1.82) is 0 Å². The predicted molar refractivity (Wildman–Crippen MR) is 106 cm³/mol. The van der Waals surface area contributed by atoms with Gasteiger partial charge in [0.05, 0.1) is 36.1 Å². The fourth-order valence-electron chi connectivity index (χ4n) is 2.78. The minimum absolute atomic E-state index is 0.131. The second-order valence-corrected chi connectivity index (χ2v) is 6.21. The van der Waals surface area contributed by atoms with Crippen LogP contribution in [0.5, 0.6) is 5.75 Å². The maximum absolute atomic E-state index is 12.3. The van der Waals surface area contributed by atoms with E-state index in [2.05, 4.69) is 16.0 Å². The number of benzene rings is 1. The van der Waals surface area contributed by atoms with Gasteiger partial charge in [0.1, 0.15) is 18.9 Å². The Morgan fingerprint density at radius 1 is 1.10 bits per heavy atom. The normalized spacial score (nSPS) is 15.6. The molecule has 0 bridgehead atoms. The van der Waals surface area contributed by atoms with Crippen LogP contribution in [0.1, 0.15) is 31.1 Å². The summed E-state index contributed by atoms with van der Waals surface area (Å²) in [7, 11) is 0. The first-order valence-electron chi connectivity index (χ1n) is 9.50. The van der Waals surface area contributed by atoms with Crippen molar-refractivity contribution in [2.24, 2.45) is 0 Å². The zero-order valence-corrected chi connectivity index (χ0v) is 17.1. The molecule has 0 saturated carbocycles. The third-order valence-electron chi connectivity index (χ3n) is 4.07. The highest BCUT2D eigenvalue weighted by molar-refractivity contribution is 5.98. The van der Waals surface area contributed by atoms with E-state index in [0.29, 0.717) is 17.9 Å². The van der Waals surface area contributed by atoms with Gasteiger partial charge in [-0.3, -0.25) is 9.59 Å². The molecule has 3 N–H and O–H groups in total. The van der Waals surface area contributed by atoms with Crippen molar-refractivity contribution < 1.29 is 33.4 Å². The van der Waals surface area contributed by atoms with Crippen LogP contribution in [0.15, 0.2) is 35.5 Å². The average Bonchev–Trinajstić information content (AvgIpc) is 2.70. The standard InChI is InChI=1S/C20H25N3O7/c1-4-28-15-9-7-6-8-13(15)18(25)21-10-16(24)30-11-14-17(19(26)29-5-2)12(3)22-20(27)23-14/h6-9,12H,4-5,10-11H2,1-3H3,(H,21,25)(H2,22,23,27)/t12-/m1/s1. The lowest BCUT2D eigenvalue weighted by molar-refractivity contribution is -0.142. The second-order valence-electron chi connectivity index (χ2n) is 6.21. The number of carbonyl (C=O) groups is 4. The molecule has 2 rings (SSSR count). The van der Waals surface area contributed by atoms with Gasteiger partial charge in [-0.05, 0) is 32.9 Å². The third-order valence-corrected chi connectivity index (χ3v) is 4.07. The summed E-state index contributed by atoms with van der Waals surface area (Å²) in [5, 5.41) is 7.45. The minimum Gasteiger partial charge on any atom is -0.493 e. The molecule has 10 nitrogen and oxygen atoms in total. The number of amides is 3. The average molecular weight is 419 g/mol. The lowest BCUT2D eigenvalue weighted by Crippen LogP contribution is -2.50. The summed E-state index contributed by atoms with van der Waals surface area (Å²) in [6, 6.07) is 5.51. The molecule has 162 valence electrons. The lowest BCUT2D eigenvalue weighted by Gasteiger charge is -2.26. The summed E-state index contributed by atoms with van der Waals surface area (Å²) in [6.45, 7) is 4.87. The Kier molecular flexibility index (Phi) is 8.21. The zero-order chi connectivity index (χ0) is 22.1. The lowest BCUT2D eigenvalue weighted by atomic mass is 10.0. The molecule has 1 aliphatic rings. The molecule has 10 heteroatoms. The quantitative estimate of drug-likeness (QED) is 0.506. The molecule has 3 amide bonds. The number of rotatable bonds is 9. The Bertz CT molecular complexity index is 851. The summed E-state index contributed by atoms with van der Waals surface area (Å²) in [5.41, 5.74) is 0.587. The highest BCUT2D eigenvalue weighted by atomic mass is 16.5. The van der Waals surface area contributed by atoms with E-state index in [0.717, 1.165) is 0 Å². The topological polar surface area (TPSA) is 132 Å². The van der Waals surface area contributed by atoms with Crippen LogP contribution in [0.25, 0.3) is 0 Å². The molecular formula is C20H25N3O7. The highest BCUT2D eigenvalue weighted by Gasteiger charge is 2.30. The Balaban J connectivity index is 1.97. The minimum atomic E-state index is -0.742. The van der Waals surface area contributed by atoms with Crippen molar-refractivity contribution in [2.75, 3.05) is 26.4 Å². The number of ether oxygens (including phenoxy) is 3. The monoisotopic (exact) mass is 419 g/mol. The van der Waals surface area contributed by atoms with Crippen LogP contribution in [-0.2, 0) is 19.1 Å². The van der Waals surface area contributed by atoms with Crippen molar-refractivity contribution >= 4 is 23.9 Å². The summed E-state index contributed by atoms with van der Waals surface area (Å²) < 4.78 is 15.5.